The number of nitrogens with one attached hydrogen (secondary N) is 2. The van der Waals surface area contributed by atoms with E-state index in [0.717, 1.165) is 18.6 Å². The average molecular weight is 337 g/mol. The predicted octanol–water partition coefficient (Wildman–Crippen LogP) is 3.45. The molecule has 0 saturated carbocycles. The molecule has 0 heterocycles. The van der Waals surface area contributed by atoms with Crippen molar-refractivity contribution in [2.75, 3.05) is 0 Å². The summed E-state index contributed by atoms with van der Waals surface area (Å²) in [6.07, 6.45) is 1.53. The normalized spacial score (nSPS) is 11.3. The Kier molecular flexibility index (Phi) is 6.89. The van der Waals surface area contributed by atoms with Crippen LogP contribution >= 0.6 is 0 Å². The average Bonchev–Trinajstić information content (AvgIpc) is 2.68. The topological polar surface area (TPSA) is 70.6 Å². The van der Waals surface area contributed by atoms with Crippen molar-refractivity contribution in [3.63, 3.8) is 0 Å². The smallest absolute Gasteiger partial charge is 0.267 e. The highest BCUT2D eigenvalue weighted by Crippen LogP contribution is 2.14. The molecule has 0 spiro atoms. The Morgan fingerprint density at radius 1 is 0.920 bits per heavy atom. The molecule has 1 atom stereocenters. The van der Waals surface area contributed by atoms with Crippen molar-refractivity contribution in [2.45, 2.75) is 32.7 Å². The second-order valence-corrected chi connectivity index (χ2v) is 5.54. The maximum atomic E-state index is 12.6. The second kappa shape index (κ2) is 9.37. The van der Waals surface area contributed by atoms with E-state index < -0.39 is 6.04 Å². The zero-order valence-corrected chi connectivity index (χ0v) is 14.5. The SMILES string of the molecule is CCC(CC)=NNC(=O)[C@@H](NC(=O)c1ccccc1)c1ccccc1. The lowest BCUT2D eigenvalue weighted by atomic mass is 10.1. The van der Waals surface area contributed by atoms with Crippen LogP contribution in [-0.4, -0.2) is 17.5 Å². The van der Waals surface area contributed by atoms with E-state index in [9.17, 15) is 9.59 Å². The molecule has 0 radical (unpaired) electrons. The molecule has 0 aliphatic rings. The third-order valence-electron chi connectivity index (χ3n) is 3.85. The van der Waals surface area contributed by atoms with Crippen LogP contribution in [-0.2, 0) is 4.79 Å². The third-order valence-corrected chi connectivity index (χ3v) is 3.85. The van der Waals surface area contributed by atoms with E-state index in [4.69, 9.17) is 0 Å². The van der Waals surface area contributed by atoms with E-state index in [1.165, 1.54) is 0 Å². The number of hydrogen-bond donors (Lipinski definition) is 2. The molecule has 0 aromatic heterocycles. The molecule has 0 unspecified atom stereocenters. The summed E-state index contributed by atoms with van der Waals surface area (Å²) < 4.78 is 0. The van der Waals surface area contributed by atoms with Crippen LogP contribution in [0.25, 0.3) is 0 Å². The number of carbonyl (C=O) groups excluding carboxylic acids is 2. The van der Waals surface area contributed by atoms with Crippen molar-refractivity contribution in [1.82, 2.24) is 10.7 Å². The van der Waals surface area contributed by atoms with Gasteiger partial charge in [0.2, 0.25) is 0 Å². The summed E-state index contributed by atoms with van der Waals surface area (Å²) in [4.78, 5) is 25.1. The Bertz CT molecular complexity index is 721. The summed E-state index contributed by atoms with van der Waals surface area (Å²) in [5, 5.41) is 6.94. The molecular weight excluding hydrogens is 314 g/mol. The number of nitrogens with zero attached hydrogens (tertiary/aromatic N) is 1. The number of hydrazone groups is 1. The minimum absolute atomic E-state index is 0.306. The van der Waals surface area contributed by atoms with Gasteiger partial charge >= 0.3 is 0 Å². The van der Waals surface area contributed by atoms with E-state index in [-0.39, 0.29) is 11.8 Å². The largest absolute Gasteiger partial charge is 0.336 e. The summed E-state index contributed by atoms with van der Waals surface area (Å²) in [7, 11) is 0. The van der Waals surface area contributed by atoms with Crippen molar-refractivity contribution in [3.05, 3.63) is 71.8 Å². The maximum Gasteiger partial charge on any atom is 0.267 e. The molecule has 5 nitrogen and oxygen atoms in total. The fourth-order valence-corrected chi connectivity index (χ4v) is 2.36. The summed E-state index contributed by atoms with van der Waals surface area (Å²) in [6, 6.07) is 17.1. The zero-order valence-electron chi connectivity index (χ0n) is 14.5. The Balaban J connectivity index is 2.20. The van der Waals surface area contributed by atoms with Crippen LogP contribution in [0.15, 0.2) is 65.8 Å². The first kappa shape index (κ1) is 18.4. The molecule has 0 bridgehead atoms. The first-order chi connectivity index (χ1) is 12.2. The van der Waals surface area contributed by atoms with Gasteiger partial charge in [-0.2, -0.15) is 5.10 Å². The maximum absolute atomic E-state index is 12.6. The predicted molar refractivity (Wildman–Crippen MR) is 99.3 cm³/mol. The first-order valence-electron chi connectivity index (χ1n) is 8.41. The van der Waals surface area contributed by atoms with Crippen molar-refractivity contribution >= 4 is 17.5 Å². The van der Waals surface area contributed by atoms with Gasteiger partial charge in [-0.05, 0) is 30.5 Å². The molecule has 2 amide bonds. The van der Waals surface area contributed by atoms with Crippen LogP contribution < -0.4 is 10.7 Å². The van der Waals surface area contributed by atoms with Gasteiger partial charge in [0, 0.05) is 11.3 Å². The molecule has 0 aliphatic heterocycles. The molecular formula is C20H23N3O2. The lowest BCUT2D eigenvalue weighted by molar-refractivity contribution is -0.123. The van der Waals surface area contributed by atoms with Crippen LogP contribution in [0.5, 0.6) is 0 Å². The molecule has 0 saturated heterocycles. The standard InChI is InChI=1S/C20H23N3O2/c1-3-17(4-2)22-23-20(25)18(15-11-7-5-8-12-15)21-19(24)16-13-9-6-10-14-16/h5-14,18H,3-4H2,1-2H3,(H,21,24)(H,23,25)/t18-/m0/s1. The molecule has 130 valence electrons. The van der Waals surface area contributed by atoms with Crippen LogP contribution in [0, 0.1) is 0 Å². The van der Waals surface area contributed by atoms with Gasteiger partial charge < -0.3 is 5.32 Å². The van der Waals surface area contributed by atoms with Crippen molar-refractivity contribution in [3.8, 4) is 0 Å². The Morgan fingerprint density at radius 2 is 1.48 bits per heavy atom. The minimum Gasteiger partial charge on any atom is -0.336 e. The number of hydrogen-bond acceptors (Lipinski definition) is 3. The zero-order chi connectivity index (χ0) is 18.1. The molecule has 2 rings (SSSR count). The summed E-state index contributed by atoms with van der Waals surface area (Å²) >= 11 is 0. The van der Waals surface area contributed by atoms with E-state index in [0.29, 0.717) is 11.1 Å². The van der Waals surface area contributed by atoms with Gasteiger partial charge in [-0.25, -0.2) is 5.43 Å². The van der Waals surface area contributed by atoms with Crippen molar-refractivity contribution in [1.29, 1.82) is 0 Å². The van der Waals surface area contributed by atoms with E-state index in [2.05, 4.69) is 15.8 Å². The lowest BCUT2D eigenvalue weighted by Crippen LogP contribution is -2.39. The van der Waals surface area contributed by atoms with Crippen molar-refractivity contribution in [2.24, 2.45) is 5.10 Å². The Hall–Kier alpha value is -2.95. The van der Waals surface area contributed by atoms with Gasteiger partial charge in [-0.1, -0.05) is 62.4 Å². The molecule has 2 aromatic rings. The minimum atomic E-state index is -0.812. The fourth-order valence-electron chi connectivity index (χ4n) is 2.36. The number of amides is 2. The van der Waals surface area contributed by atoms with E-state index in [1.54, 1.807) is 36.4 Å². The summed E-state index contributed by atoms with van der Waals surface area (Å²) in [6.45, 7) is 3.97. The van der Waals surface area contributed by atoms with Crippen LogP contribution in [0.4, 0.5) is 0 Å². The van der Waals surface area contributed by atoms with Gasteiger partial charge in [-0.15, -0.1) is 0 Å². The molecule has 2 aromatic carbocycles. The highest BCUT2D eigenvalue weighted by atomic mass is 16.2. The molecule has 5 heteroatoms. The molecule has 2 N–H and O–H groups in total. The number of rotatable bonds is 7. The van der Waals surface area contributed by atoms with Crippen LogP contribution in [0.2, 0.25) is 0 Å². The number of carbonyl (C=O) groups is 2. The lowest BCUT2D eigenvalue weighted by Gasteiger charge is -2.18. The number of benzene rings is 2. The fraction of sp³-hybridized carbons (Fsp3) is 0.250. The molecule has 25 heavy (non-hydrogen) atoms. The Labute approximate surface area is 148 Å². The van der Waals surface area contributed by atoms with Gasteiger partial charge in [-0.3, -0.25) is 9.59 Å². The highest BCUT2D eigenvalue weighted by Gasteiger charge is 2.23. The monoisotopic (exact) mass is 337 g/mol. The quantitative estimate of drug-likeness (QED) is 0.600. The van der Waals surface area contributed by atoms with E-state index in [1.807, 2.05) is 38.1 Å². The first-order valence-corrected chi connectivity index (χ1v) is 8.41. The van der Waals surface area contributed by atoms with Crippen LogP contribution in [0.3, 0.4) is 0 Å². The summed E-state index contributed by atoms with van der Waals surface area (Å²) in [5.74, 6) is -0.672. The Morgan fingerprint density at radius 3 is 2.04 bits per heavy atom. The highest BCUT2D eigenvalue weighted by molar-refractivity contribution is 5.98. The van der Waals surface area contributed by atoms with E-state index >= 15 is 0 Å². The third kappa shape index (κ3) is 5.28. The molecule has 0 aliphatic carbocycles. The van der Waals surface area contributed by atoms with Gasteiger partial charge in [0.05, 0.1) is 0 Å². The van der Waals surface area contributed by atoms with Gasteiger partial charge in [0.1, 0.15) is 6.04 Å². The molecule has 0 fully saturated rings. The van der Waals surface area contributed by atoms with Crippen molar-refractivity contribution < 1.29 is 9.59 Å². The second-order valence-electron chi connectivity index (χ2n) is 5.54. The van der Waals surface area contributed by atoms with Gasteiger partial charge in [0.15, 0.2) is 0 Å². The van der Waals surface area contributed by atoms with Crippen LogP contribution in [0.1, 0.15) is 48.7 Å². The van der Waals surface area contributed by atoms with Gasteiger partial charge in [0.25, 0.3) is 11.8 Å². The summed E-state index contributed by atoms with van der Waals surface area (Å²) in [5.41, 5.74) is 4.68.